The summed E-state index contributed by atoms with van der Waals surface area (Å²) in [4.78, 5) is 0. The second-order valence-corrected chi connectivity index (χ2v) is 5.99. The van der Waals surface area contributed by atoms with Gasteiger partial charge in [-0.05, 0) is 78.9 Å². The van der Waals surface area contributed by atoms with E-state index in [1.807, 2.05) is 12.1 Å². The van der Waals surface area contributed by atoms with Crippen molar-refractivity contribution in [1.29, 1.82) is 0 Å². The van der Waals surface area contributed by atoms with Crippen molar-refractivity contribution >= 4 is 22.4 Å². The lowest BCUT2D eigenvalue weighted by molar-refractivity contribution is 0.361. The van der Waals surface area contributed by atoms with E-state index in [-0.39, 0.29) is 0 Å². The molecule has 1 N–H and O–H groups in total. The second-order valence-electron chi connectivity index (χ2n) is 5.55. The minimum atomic E-state index is 0.752. The lowest BCUT2D eigenvalue weighted by Gasteiger charge is -2.23. The fraction of sp³-hybridized carbons (Fsp3) is 0.412. The molecule has 0 aromatic heterocycles. The molecule has 20 heavy (non-hydrogen) atoms. The van der Waals surface area contributed by atoms with Crippen molar-refractivity contribution in [1.82, 2.24) is 5.32 Å². The normalized spacial score (nSPS) is 16.5. The Balaban J connectivity index is 1.94. The summed E-state index contributed by atoms with van der Waals surface area (Å²) in [6.45, 7) is 2.26. The number of rotatable bonds is 3. The van der Waals surface area contributed by atoms with Gasteiger partial charge in [0.1, 0.15) is 5.75 Å². The number of halogens is 1. The average molecular weight is 290 g/mol. The molecule has 1 aliphatic heterocycles. The molecule has 0 radical (unpaired) electrons. The van der Waals surface area contributed by atoms with E-state index in [4.69, 9.17) is 16.3 Å². The fourth-order valence-corrected chi connectivity index (χ4v) is 3.22. The molecule has 3 heteroatoms. The molecule has 0 unspecified atom stereocenters. The van der Waals surface area contributed by atoms with Gasteiger partial charge in [0.2, 0.25) is 0 Å². The van der Waals surface area contributed by atoms with Crippen LogP contribution in [0.4, 0.5) is 0 Å². The zero-order valence-electron chi connectivity index (χ0n) is 11.8. The Bertz CT molecular complexity index is 605. The van der Waals surface area contributed by atoms with Crippen LogP contribution in [0.1, 0.15) is 18.4 Å². The molecule has 0 spiro atoms. The number of fused-ring (bicyclic) bond motifs is 1. The molecule has 0 atom stereocenters. The first kappa shape index (κ1) is 13.7. The van der Waals surface area contributed by atoms with Crippen LogP contribution >= 0.6 is 11.6 Å². The highest BCUT2D eigenvalue weighted by Gasteiger charge is 2.16. The number of ether oxygens (including phenoxy) is 1. The van der Waals surface area contributed by atoms with Crippen LogP contribution < -0.4 is 10.1 Å². The first-order valence-electron chi connectivity index (χ1n) is 7.23. The predicted molar refractivity (Wildman–Crippen MR) is 84.8 cm³/mol. The Kier molecular flexibility index (Phi) is 4.13. The Morgan fingerprint density at radius 1 is 1.15 bits per heavy atom. The van der Waals surface area contributed by atoms with E-state index >= 15 is 0 Å². The molecule has 2 nitrogen and oxygen atoms in total. The second kappa shape index (κ2) is 6.02. The van der Waals surface area contributed by atoms with Gasteiger partial charge in [-0.25, -0.2) is 0 Å². The molecule has 0 amide bonds. The van der Waals surface area contributed by atoms with E-state index in [0.717, 1.165) is 36.2 Å². The SMILES string of the molecule is COc1cc2ccc(Cl)cc2cc1CC1CCNCC1. The minimum absolute atomic E-state index is 0.752. The van der Waals surface area contributed by atoms with Crippen molar-refractivity contribution in [2.75, 3.05) is 20.2 Å². The molecular weight excluding hydrogens is 270 g/mol. The topological polar surface area (TPSA) is 21.3 Å². The van der Waals surface area contributed by atoms with E-state index in [1.165, 1.54) is 29.2 Å². The Morgan fingerprint density at radius 2 is 1.95 bits per heavy atom. The number of piperidine rings is 1. The van der Waals surface area contributed by atoms with Gasteiger partial charge in [0.05, 0.1) is 7.11 Å². The third-order valence-electron chi connectivity index (χ3n) is 4.17. The van der Waals surface area contributed by atoms with Crippen LogP contribution in [0.2, 0.25) is 5.02 Å². The molecule has 0 aliphatic carbocycles. The third kappa shape index (κ3) is 2.92. The highest BCUT2D eigenvalue weighted by molar-refractivity contribution is 6.31. The summed E-state index contributed by atoms with van der Waals surface area (Å²) in [7, 11) is 1.75. The predicted octanol–water partition coefficient (Wildman–Crippen LogP) is 4.04. The summed E-state index contributed by atoms with van der Waals surface area (Å²) < 4.78 is 5.58. The van der Waals surface area contributed by atoms with Gasteiger partial charge >= 0.3 is 0 Å². The summed E-state index contributed by atoms with van der Waals surface area (Å²) in [6.07, 6.45) is 3.58. The number of benzene rings is 2. The molecule has 3 rings (SSSR count). The van der Waals surface area contributed by atoms with Gasteiger partial charge in [0.25, 0.3) is 0 Å². The molecule has 0 bridgehead atoms. The van der Waals surface area contributed by atoms with Gasteiger partial charge in [0, 0.05) is 5.02 Å². The van der Waals surface area contributed by atoms with Crippen LogP contribution in [0.25, 0.3) is 10.8 Å². The molecule has 2 aromatic carbocycles. The molecule has 106 valence electrons. The van der Waals surface area contributed by atoms with Gasteiger partial charge in [-0.2, -0.15) is 0 Å². The summed E-state index contributed by atoms with van der Waals surface area (Å²) in [5, 5.41) is 6.58. The maximum Gasteiger partial charge on any atom is 0.122 e. The monoisotopic (exact) mass is 289 g/mol. The van der Waals surface area contributed by atoms with Crippen molar-refractivity contribution in [3.8, 4) is 5.75 Å². The van der Waals surface area contributed by atoms with Crippen LogP contribution in [-0.2, 0) is 6.42 Å². The largest absolute Gasteiger partial charge is 0.496 e. The quantitative estimate of drug-likeness (QED) is 0.920. The van der Waals surface area contributed by atoms with Crippen LogP contribution in [0.15, 0.2) is 30.3 Å². The number of hydrogen-bond donors (Lipinski definition) is 1. The van der Waals surface area contributed by atoms with E-state index in [0.29, 0.717) is 0 Å². The standard InChI is InChI=1S/C17H20ClNO/c1-20-17-11-13-2-3-16(18)10-14(13)9-15(17)8-12-4-6-19-7-5-12/h2-3,9-12,19H,4-8H2,1H3. The summed E-state index contributed by atoms with van der Waals surface area (Å²) >= 11 is 6.10. The van der Waals surface area contributed by atoms with Crippen LogP contribution in [0.3, 0.4) is 0 Å². The van der Waals surface area contributed by atoms with Gasteiger partial charge < -0.3 is 10.1 Å². The lowest BCUT2D eigenvalue weighted by Crippen LogP contribution is -2.28. The highest BCUT2D eigenvalue weighted by Crippen LogP contribution is 2.31. The smallest absolute Gasteiger partial charge is 0.122 e. The van der Waals surface area contributed by atoms with Gasteiger partial charge in [-0.15, -0.1) is 0 Å². The summed E-state index contributed by atoms with van der Waals surface area (Å²) in [5.41, 5.74) is 1.30. The molecular formula is C17H20ClNO. The molecule has 1 heterocycles. The van der Waals surface area contributed by atoms with Crippen LogP contribution in [0, 0.1) is 5.92 Å². The zero-order chi connectivity index (χ0) is 13.9. The molecule has 1 saturated heterocycles. The summed E-state index contributed by atoms with van der Waals surface area (Å²) in [6, 6.07) is 10.4. The van der Waals surface area contributed by atoms with Gasteiger partial charge in [-0.3, -0.25) is 0 Å². The zero-order valence-corrected chi connectivity index (χ0v) is 12.5. The minimum Gasteiger partial charge on any atom is -0.496 e. The fourth-order valence-electron chi connectivity index (χ4n) is 3.04. The number of nitrogens with one attached hydrogen (secondary N) is 1. The van der Waals surface area contributed by atoms with E-state index in [9.17, 15) is 0 Å². The van der Waals surface area contributed by atoms with Crippen molar-refractivity contribution in [3.05, 3.63) is 40.9 Å². The van der Waals surface area contributed by atoms with Gasteiger partial charge in [0.15, 0.2) is 0 Å². The van der Waals surface area contributed by atoms with E-state index in [2.05, 4.69) is 23.5 Å². The molecule has 1 fully saturated rings. The maximum absolute atomic E-state index is 6.10. The molecule has 2 aromatic rings. The Labute approximate surface area is 125 Å². The molecule has 1 aliphatic rings. The van der Waals surface area contributed by atoms with E-state index < -0.39 is 0 Å². The maximum atomic E-state index is 6.10. The number of hydrogen-bond acceptors (Lipinski definition) is 2. The number of methoxy groups -OCH3 is 1. The average Bonchev–Trinajstić information content (AvgIpc) is 2.47. The van der Waals surface area contributed by atoms with Crippen LogP contribution in [0.5, 0.6) is 5.75 Å². The van der Waals surface area contributed by atoms with Crippen molar-refractivity contribution in [2.24, 2.45) is 5.92 Å². The van der Waals surface area contributed by atoms with Crippen molar-refractivity contribution in [2.45, 2.75) is 19.3 Å². The van der Waals surface area contributed by atoms with Crippen LogP contribution in [-0.4, -0.2) is 20.2 Å². The third-order valence-corrected chi connectivity index (χ3v) is 4.40. The first-order chi connectivity index (χ1) is 9.76. The lowest BCUT2D eigenvalue weighted by atomic mass is 9.90. The van der Waals surface area contributed by atoms with Crippen molar-refractivity contribution in [3.63, 3.8) is 0 Å². The highest BCUT2D eigenvalue weighted by atomic mass is 35.5. The molecule has 0 saturated carbocycles. The first-order valence-corrected chi connectivity index (χ1v) is 7.61. The Hall–Kier alpha value is -1.25. The van der Waals surface area contributed by atoms with Crippen molar-refractivity contribution < 1.29 is 4.74 Å². The Morgan fingerprint density at radius 3 is 2.70 bits per heavy atom. The summed E-state index contributed by atoms with van der Waals surface area (Å²) in [5.74, 6) is 1.75. The van der Waals surface area contributed by atoms with E-state index in [1.54, 1.807) is 7.11 Å². The van der Waals surface area contributed by atoms with Gasteiger partial charge in [-0.1, -0.05) is 17.7 Å².